The molecule has 0 saturated carbocycles. The zero-order valence-electron chi connectivity index (χ0n) is 17.5. The molecule has 25 heavy (non-hydrogen) atoms. The lowest BCUT2D eigenvalue weighted by Crippen LogP contribution is -2.28. The summed E-state index contributed by atoms with van der Waals surface area (Å²) >= 11 is 0. The lowest BCUT2D eigenvalue weighted by molar-refractivity contribution is -0.672. The van der Waals surface area contributed by atoms with Crippen LogP contribution in [-0.4, -0.2) is 0 Å². The number of hydrogen-bond donors (Lipinski definition) is 0. The highest BCUT2D eigenvalue weighted by atomic mass is 14.9. The van der Waals surface area contributed by atoms with E-state index >= 15 is 0 Å². The van der Waals surface area contributed by atoms with Gasteiger partial charge in [-0.15, -0.1) is 0 Å². The molecule has 144 valence electrons. The summed E-state index contributed by atoms with van der Waals surface area (Å²) in [4.78, 5) is 0. The summed E-state index contributed by atoms with van der Waals surface area (Å²) in [5, 5.41) is 0. The van der Waals surface area contributed by atoms with Gasteiger partial charge in [-0.1, -0.05) is 90.9 Å². The van der Waals surface area contributed by atoms with E-state index in [1.165, 1.54) is 114 Å². The molecule has 1 heteroatoms. The maximum Gasteiger partial charge on any atom is 0.171 e. The van der Waals surface area contributed by atoms with E-state index in [0.29, 0.717) is 0 Å². The maximum absolute atomic E-state index is 2.47. The van der Waals surface area contributed by atoms with Gasteiger partial charge in [0.25, 0.3) is 0 Å². The Hall–Kier alpha value is -0.850. The smallest absolute Gasteiger partial charge is 0.171 e. The normalized spacial score (nSPS) is 11.2. The molecule has 1 aromatic rings. The van der Waals surface area contributed by atoms with Crippen LogP contribution >= 0.6 is 0 Å². The minimum absolute atomic E-state index is 1.26. The highest BCUT2D eigenvalue weighted by Crippen LogP contribution is 2.13. The van der Waals surface area contributed by atoms with Crippen LogP contribution in [-0.2, 0) is 19.9 Å². The van der Waals surface area contributed by atoms with Crippen molar-refractivity contribution < 1.29 is 4.57 Å². The maximum atomic E-state index is 2.47. The van der Waals surface area contributed by atoms with Crippen molar-refractivity contribution in [2.75, 3.05) is 0 Å². The van der Waals surface area contributed by atoms with Gasteiger partial charge in [0.15, 0.2) is 12.4 Å². The summed E-state index contributed by atoms with van der Waals surface area (Å²) in [6.07, 6.45) is 26.8. The number of rotatable bonds is 16. The summed E-state index contributed by atoms with van der Waals surface area (Å²) < 4.78 is 2.27. The summed E-state index contributed by atoms with van der Waals surface area (Å²) in [5.74, 6) is 0. The fourth-order valence-corrected chi connectivity index (χ4v) is 3.72. The second kappa shape index (κ2) is 15.4. The SMILES string of the molecule is CCCCCCCCCc1cc(CCCCCCCCC)c[n+](C)c1. The fourth-order valence-electron chi connectivity index (χ4n) is 3.72. The molecule has 0 atom stereocenters. The molecule has 1 heterocycles. The highest BCUT2D eigenvalue weighted by molar-refractivity contribution is 5.15. The quantitative estimate of drug-likeness (QED) is 0.222. The Bertz CT molecular complexity index is 388. The zero-order valence-corrected chi connectivity index (χ0v) is 17.5. The van der Waals surface area contributed by atoms with Crippen LogP contribution in [0.25, 0.3) is 0 Å². The van der Waals surface area contributed by atoms with E-state index in [-0.39, 0.29) is 0 Å². The Kier molecular flexibility index (Phi) is 13.7. The second-order valence-electron chi connectivity index (χ2n) is 7.96. The molecule has 0 spiro atoms. The van der Waals surface area contributed by atoms with Crippen molar-refractivity contribution in [3.8, 4) is 0 Å². The van der Waals surface area contributed by atoms with Gasteiger partial charge < -0.3 is 0 Å². The molecule has 0 N–H and O–H groups in total. The molecule has 0 saturated heterocycles. The lowest BCUT2D eigenvalue weighted by atomic mass is 10.0. The first-order chi connectivity index (χ1) is 12.3. The van der Waals surface area contributed by atoms with Crippen LogP contribution in [0.2, 0.25) is 0 Å². The zero-order chi connectivity index (χ0) is 18.2. The van der Waals surface area contributed by atoms with Crippen molar-refractivity contribution in [3.05, 3.63) is 29.6 Å². The molecular formula is C24H44N+. The Balaban J connectivity index is 2.19. The Morgan fingerprint density at radius 2 is 0.920 bits per heavy atom. The predicted octanol–water partition coefficient (Wildman–Crippen LogP) is 7.10. The van der Waals surface area contributed by atoms with Gasteiger partial charge in [0.05, 0.1) is 0 Å². The summed E-state index contributed by atoms with van der Waals surface area (Å²) in [6, 6.07) is 2.47. The molecule has 0 aliphatic carbocycles. The second-order valence-corrected chi connectivity index (χ2v) is 7.96. The van der Waals surface area contributed by atoms with Crippen LogP contribution in [0.4, 0.5) is 0 Å². The van der Waals surface area contributed by atoms with Crippen LogP contribution in [0, 0.1) is 0 Å². The van der Waals surface area contributed by atoms with Gasteiger partial charge in [-0.05, 0) is 31.7 Å². The summed E-state index contributed by atoms with van der Waals surface area (Å²) in [6.45, 7) is 4.58. The number of hydrogen-bond acceptors (Lipinski definition) is 0. The Morgan fingerprint density at radius 3 is 1.32 bits per heavy atom. The standard InChI is InChI=1S/C24H44N/c1-4-6-8-10-12-14-16-18-23-20-24(22-25(3)21-23)19-17-15-13-11-9-7-5-2/h20-22H,4-19H2,1-3H3/q+1. The molecule has 1 aromatic heterocycles. The van der Waals surface area contributed by atoms with Crippen molar-refractivity contribution in [1.82, 2.24) is 0 Å². The molecule has 1 rings (SSSR count). The van der Waals surface area contributed by atoms with Crippen molar-refractivity contribution in [2.24, 2.45) is 7.05 Å². The number of nitrogens with zero attached hydrogens (tertiary/aromatic N) is 1. The molecule has 0 aromatic carbocycles. The van der Waals surface area contributed by atoms with Gasteiger partial charge in [-0.3, -0.25) is 0 Å². The minimum atomic E-state index is 1.26. The number of pyridine rings is 1. The van der Waals surface area contributed by atoms with Gasteiger partial charge in [-0.25, -0.2) is 4.57 Å². The molecular weight excluding hydrogens is 302 g/mol. The first-order valence-corrected chi connectivity index (χ1v) is 11.2. The van der Waals surface area contributed by atoms with Gasteiger partial charge in [-0.2, -0.15) is 0 Å². The minimum Gasteiger partial charge on any atom is -0.207 e. The van der Waals surface area contributed by atoms with Crippen molar-refractivity contribution in [2.45, 2.75) is 117 Å². The van der Waals surface area contributed by atoms with Crippen LogP contribution in [0.5, 0.6) is 0 Å². The van der Waals surface area contributed by atoms with Crippen LogP contribution < -0.4 is 4.57 Å². The van der Waals surface area contributed by atoms with E-state index in [1.807, 2.05) is 0 Å². The van der Waals surface area contributed by atoms with E-state index in [4.69, 9.17) is 0 Å². The lowest BCUT2D eigenvalue weighted by Gasteiger charge is -2.05. The molecule has 0 amide bonds. The van der Waals surface area contributed by atoms with Crippen molar-refractivity contribution >= 4 is 0 Å². The molecule has 0 fully saturated rings. The average Bonchev–Trinajstić information content (AvgIpc) is 2.60. The number of unbranched alkanes of at least 4 members (excludes halogenated alkanes) is 12. The molecule has 0 bridgehead atoms. The number of aryl methyl sites for hydroxylation is 3. The van der Waals surface area contributed by atoms with Crippen molar-refractivity contribution in [3.63, 3.8) is 0 Å². The van der Waals surface area contributed by atoms with E-state index < -0.39 is 0 Å². The highest BCUT2D eigenvalue weighted by Gasteiger charge is 2.05. The monoisotopic (exact) mass is 346 g/mol. The molecule has 0 unspecified atom stereocenters. The summed E-state index contributed by atoms with van der Waals surface area (Å²) in [5.41, 5.74) is 3.08. The van der Waals surface area contributed by atoms with E-state index in [0.717, 1.165) is 0 Å². The van der Waals surface area contributed by atoms with E-state index in [9.17, 15) is 0 Å². The van der Waals surface area contributed by atoms with Gasteiger partial charge >= 0.3 is 0 Å². The summed E-state index contributed by atoms with van der Waals surface area (Å²) in [7, 11) is 2.18. The van der Waals surface area contributed by atoms with E-state index in [1.54, 1.807) is 0 Å². The largest absolute Gasteiger partial charge is 0.207 e. The fraction of sp³-hybridized carbons (Fsp3) is 0.792. The van der Waals surface area contributed by atoms with Crippen molar-refractivity contribution in [1.29, 1.82) is 0 Å². The van der Waals surface area contributed by atoms with Crippen LogP contribution in [0.1, 0.15) is 115 Å². The molecule has 0 aliphatic heterocycles. The van der Waals surface area contributed by atoms with Gasteiger partial charge in [0.1, 0.15) is 7.05 Å². The van der Waals surface area contributed by atoms with Crippen LogP contribution in [0.15, 0.2) is 18.5 Å². The van der Waals surface area contributed by atoms with Gasteiger partial charge in [0, 0.05) is 11.1 Å². The third-order valence-electron chi connectivity index (χ3n) is 5.25. The molecule has 0 aliphatic rings. The average molecular weight is 347 g/mol. The first kappa shape index (κ1) is 22.2. The first-order valence-electron chi connectivity index (χ1n) is 11.2. The van der Waals surface area contributed by atoms with E-state index in [2.05, 4.69) is 43.9 Å². The third-order valence-corrected chi connectivity index (χ3v) is 5.25. The van der Waals surface area contributed by atoms with Gasteiger partial charge in [0.2, 0.25) is 0 Å². The molecule has 1 nitrogen and oxygen atoms in total. The van der Waals surface area contributed by atoms with Crippen LogP contribution in [0.3, 0.4) is 0 Å². The predicted molar refractivity (Wildman–Crippen MR) is 111 cm³/mol. The third kappa shape index (κ3) is 12.2. The Labute approximate surface area is 158 Å². The topological polar surface area (TPSA) is 3.88 Å². The Morgan fingerprint density at radius 1 is 0.560 bits per heavy atom. The molecule has 0 radical (unpaired) electrons. The number of aromatic nitrogens is 1.